The summed E-state index contributed by atoms with van der Waals surface area (Å²) < 4.78 is 6.20. The minimum atomic E-state index is -0.655. The average molecular weight is 348 g/mol. The number of piperidine rings is 1. The van der Waals surface area contributed by atoms with Crippen LogP contribution in [-0.2, 0) is 16.0 Å². The number of hydrogen-bond donors (Lipinski definition) is 1. The third kappa shape index (κ3) is 4.89. The highest BCUT2D eigenvalue weighted by atomic mass is 16.5. The Bertz CT molecular complexity index is 587. The highest BCUT2D eigenvalue weighted by molar-refractivity contribution is 5.70. The Balaban J connectivity index is 1.45. The van der Waals surface area contributed by atoms with Crippen molar-refractivity contribution in [3.8, 4) is 0 Å². The van der Waals surface area contributed by atoms with Crippen LogP contribution in [0.3, 0.4) is 0 Å². The van der Waals surface area contributed by atoms with E-state index in [1.807, 2.05) is 25.2 Å². The highest BCUT2D eigenvalue weighted by Gasteiger charge is 2.30. The summed E-state index contributed by atoms with van der Waals surface area (Å²) >= 11 is 0. The smallest absolute Gasteiger partial charge is 0.306 e. The number of hydrogen-bond acceptors (Lipinski definition) is 6. The fourth-order valence-corrected chi connectivity index (χ4v) is 3.66. The van der Waals surface area contributed by atoms with Crippen LogP contribution in [0.15, 0.2) is 12.4 Å². The third-order valence-corrected chi connectivity index (χ3v) is 5.16. The van der Waals surface area contributed by atoms with Crippen LogP contribution in [0.1, 0.15) is 31.4 Å². The Morgan fingerprint density at radius 1 is 1.24 bits per heavy atom. The molecular weight excluding hydrogens is 320 g/mol. The van der Waals surface area contributed by atoms with E-state index in [1.165, 1.54) is 0 Å². The lowest BCUT2D eigenvalue weighted by Crippen LogP contribution is -2.40. The second-order valence-corrected chi connectivity index (χ2v) is 7.34. The van der Waals surface area contributed by atoms with Crippen LogP contribution >= 0.6 is 0 Å². The predicted octanol–water partition coefficient (Wildman–Crippen LogP) is 1.43. The molecule has 1 aromatic rings. The maximum absolute atomic E-state index is 11.0. The summed E-state index contributed by atoms with van der Waals surface area (Å²) in [7, 11) is 3.92. The minimum absolute atomic E-state index is 0.170. The van der Waals surface area contributed by atoms with Crippen LogP contribution < -0.4 is 4.90 Å². The SMILES string of the molecule is CN(C)c1cncc(C[C@@H]2CC[C@H](CN3CCC(C(=O)O)CC3)O2)n1. The van der Waals surface area contributed by atoms with Crippen LogP contribution in [0, 0.1) is 5.92 Å². The molecule has 0 aromatic carbocycles. The number of rotatable bonds is 6. The summed E-state index contributed by atoms with van der Waals surface area (Å²) in [6, 6.07) is 0. The maximum atomic E-state index is 11.0. The number of likely N-dealkylation sites (tertiary alicyclic amines) is 1. The minimum Gasteiger partial charge on any atom is -0.481 e. The lowest BCUT2D eigenvalue weighted by Gasteiger charge is -2.31. The topological polar surface area (TPSA) is 78.8 Å². The molecule has 0 saturated carbocycles. The van der Waals surface area contributed by atoms with E-state index >= 15 is 0 Å². The van der Waals surface area contributed by atoms with E-state index in [0.29, 0.717) is 0 Å². The molecule has 0 amide bonds. The molecule has 0 bridgehead atoms. The molecule has 1 aromatic heterocycles. The standard InChI is InChI=1S/C18H28N4O3/c1-21(2)17-11-19-10-14(20-17)9-15-3-4-16(25-15)12-22-7-5-13(6-8-22)18(23)24/h10-11,13,15-16H,3-9,12H2,1-2H3,(H,23,24)/t15-,16+/m0/s1. The lowest BCUT2D eigenvalue weighted by atomic mass is 9.97. The molecule has 2 atom stereocenters. The number of ether oxygens (including phenoxy) is 1. The second kappa shape index (κ2) is 8.10. The van der Waals surface area contributed by atoms with Gasteiger partial charge in [0.05, 0.1) is 30.0 Å². The normalized spacial score (nSPS) is 25.2. The van der Waals surface area contributed by atoms with Crippen molar-refractivity contribution in [1.29, 1.82) is 0 Å². The Labute approximate surface area is 149 Å². The first-order chi connectivity index (χ1) is 12.0. The molecule has 25 heavy (non-hydrogen) atoms. The van der Waals surface area contributed by atoms with Gasteiger partial charge in [0.2, 0.25) is 0 Å². The summed E-state index contributed by atoms with van der Waals surface area (Å²) in [4.78, 5) is 24.2. The molecule has 3 heterocycles. The van der Waals surface area contributed by atoms with Gasteiger partial charge < -0.3 is 19.6 Å². The molecule has 138 valence electrons. The molecule has 2 fully saturated rings. The van der Waals surface area contributed by atoms with Gasteiger partial charge in [-0.2, -0.15) is 0 Å². The number of carboxylic acid groups (broad SMARTS) is 1. The van der Waals surface area contributed by atoms with Crippen LogP contribution in [0.4, 0.5) is 5.82 Å². The molecular formula is C18H28N4O3. The summed E-state index contributed by atoms with van der Waals surface area (Å²) in [6.07, 6.45) is 8.44. The van der Waals surface area contributed by atoms with Gasteiger partial charge in [-0.25, -0.2) is 4.98 Å². The largest absolute Gasteiger partial charge is 0.481 e. The molecule has 0 unspecified atom stereocenters. The van der Waals surface area contributed by atoms with Crippen LogP contribution in [0.5, 0.6) is 0 Å². The third-order valence-electron chi connectivity index (χ3n) is 5.16. The van der Waals surface area contributed by atoms with Crippen molar-refractivity contribution < 1.29 is 14.6 Å². The molecule has 7 heteroatoms. The number of carboxylic acids is 1. The van der Waals surface area contributed by atoms with E-state index in [1.54, 1.807) is 6.20 Å². The number of aromatic nitrogens is 2. The lowest BCUT2D eigenvalue weighted by molar-refractivity contribution is -0.143. The van der Waals surface area contributed by atoms with E-state index in [-0.39, 0.29) is 18.1 Å². The Hall–Kier alpha value is -1.73. The molecule has 2 saturated heterocycles. The maximum Gasteiger partial charge on any atom is 0.306 e. The van der Waals surface area contributed by atoms with E-state index in [4.69, 9.17) is 9.84 Å². The van der Waals surface area contributed by atoms with Gasteiger partial charge in [-0.15, -0.1) is 0 Å². The molecule has 2 aliphatic heterocycles. The number of aliphatic carboxylic acids is 1. The summed E-state index contributed by atoms with van der Waals surface area (Å²) in [5.41, 5.74) is 0.971. The fourth-order valence-electron chi connectivity index (χ4n) is 3.66. The number of carbonyl (C=O) groups is 1. The Kier molecular flexibility index (Phi) is 5.86. The van der Waals surface area contributed by atoms with Crippen LogP contribution in [0.2, 0.25) is 0 Å². The molecule has 7 nitrogen and oxygen atoms in total. The second-order valence-electron chi connectivity index (χ2n) is 7.34. The van der Waals surface area contributed by atoms with E-state index in [9.17, 15) is 4.79 Å². The first-order valence-electron chi connectivity index (χ1n) is 9.10. The zero-order valence-electron chi connectivity index (χ0n) is 15.1. The fraction of sp³-hybridized carbons (Fsp3) is 0.722. The van der Waals surface area contributed by atoms with Gasteiger partial charge in [0.25, 0.3) is 0 Å². The van der Waals surface area contributed by atoms with Gasteiger partial charge in [-0.1, -0.05) is 0 Å². The molecule has 0 aliphatic carbocycles. The van der Waals surface area contributed by atoms with Gasteiger partial charge in [-0.3, -0.25) is 9.78 Å². The Morgan fingerprint density at radius 3 is 2.64 bits per heavy atom. The molecule has 3 rings (SSSR count). The predicted molar refractivity (Wildman–Crippen MR) is 94.8 cm³/mol. The van der Waals surface area contributed by atoms with Gasteiger partial charge in [0.1, 0.15) is 5.82 Å². The monoisotopic (exact) mass is 348 g/mol. The quantitative estimate of drug-likeness (QED) is 0.833. The molecule has 0 radical (unpaired) electrons. The summed E-state index contributed by atoms with van der Waals surface area (Å²) in [5.74, 6) is 0.0438. The van der Waals surface area contributed by atoms with Crippen molar-refractivity contribution >= 4 is 11.8 Å². The molecule has 1 N–H and O–H groups in total. The van der Waals surface area contributed by atoms with Crippen LogP contribution in [-0.4, -0.2) is 71.9 Å². The van der Waals surface area contributed by atoms with Crippen molar-refractivity contribution in [2.24, 2.45) is 5.92 Å². The highest BCUT2D eigenvalue weighted by Crippen LogP contribution is 2.25. The van der Waals surface area contributed by atoms with Crippen LogP contribution in [0.25, 0.3) is 0 Å². The van der Waals surface area contributed by atoms with Crippen molar-refractivity contribution in [1.82, 2.24) is 14.9 Å². The zero-order valence-corrected chi connectivity index (χ0v) is 15.1. The van der Waals surface area contributed by atoms with Crippen molar-refractivity contribution in [2.45, 2.75) is 44.3 Å². The number of nitrogens with zero attached hydrogens (tertiary/aromatic N) is 4. The van der Waals surface area contributed by atoms with Gasteiger partial charge in [-0.05, 0) is 38.8 Å². The van der Waals surface area contributed by atoms with Gasteiger partial charge in [0.15, 0.2) is 0 Å². The Morgan fingerprint density at radius 2 is 1.96 bits per heavy atom. The van der Waals surface area contributed by atoms with E-state index in [0.717, 1.165) is 63.3 Å². The summed E-state index contributed by atoms with van der Waals surface area (Å²) in [6.45, 7) is 2.63. The first kappa shape index (κ1) is 18.1. The molecule has 2 aliphatic rings. The van der Waals surface area contributed by atoms with Gasteiger partial charge in [0, 0.05) is 33.3 Å². The summed E-state index contributed by atoms with van der Waals surface area (Å²) in [5, 5.41) is 9.08. The number of anilines is 1. The van der Waals surface area contributed by atoms with Crippen molar-refractivity contribution in [3.63, 3.8) is 0 Å². The van der Waals surface area contributed by atoms with E-state index < -0.39 is 5.97 Å². The zero-order chi connectivity index (χ0) is 17.8. The van der Waals surface area contributed by atoms with Crippen molar-refractivity contribution in [3.05, 3.63) is 18.1 Å². The first-order valence-corrected chi connectivity index (χ1v) is 9.10. The van der Waals surface area contributed by atoms with Gasteiger partial charge >= 0.3 is 5.97 Å². The average Bonchev–Trinajstić information content (AvgIpc) is 3.02. The van der Waals surface area contributed by atoms with E-state index in [2.05, 4.69) is 14.9 Å². The molecule has 0 spiro atoms. The van der Waals surface area contributed by atoms with Crippen molar-refractivity contribution in [2.75, 3.05) is 38.6 Å².